The Hall–Kier alpha value is -1.94. The number of aryl methyl sites for hydroxylation is 2. The van der Waals surface area contributed by atoms with Crippen molar-refractivity contribution in [3.63, 3.8) is 0 Å². The lowest BCUT2D eigenvalue weighted by Crippen LogP contribution is -1.80. The minimum atomic E-state index is 0.310. The van der Waals surface area contributed by atoms with Gasteiger partial charge in [-0.15, -0.1) is 0 Å². The minimum Gasteiger partial charge on any atom is -0.368 e. The highest BCUT2D eigenvalue weighted by Crippen LogP contribution is 2.35. The number of hydrogen-bond donors (Lipinski definition) is 2. The maximum absolute atomic E-state index is 6.13. The van der Waals surface area contributed by atoms with Gasteiger partial charge in [-0.3, -0.25) is 0 Å². The van der Waals surface area contributed by atoms with Crippen LogP contribution in [0.5, 0.6) is 0 Å². The van der Waals surface area contributed by atoms with Crippen LogP contribution >= 0.6 is 11.6 Å². The molecular weight excluding hydrogens is 250 g/mol. The molecular formula is C13H12ClN3O. The van der Waals surface area contributed by atoms with Crippen LogP contribution in [-0.2, 0) is 0 Å². The fraction of sp³-hybridized carbons (Fsp3) is 0.154. The van der Waals surface area contributed by atoms with Crippen LogP contribution < -0.4 is 5.73 Å². The Bertz CT molecular complexity index is 742. The third kappa shape index (κ3) is 1.49. The SMILES string of the molecule is Cc1[nH]c2c(C)c(Cl)ccc2c1-c1cc(N)on1. The molecule has 0 aliphatic heterocycles. The Balaban J connectivity index is 2.36. The first kappa shape index (κ1) is 11.2. The number of benzene rings is 1. The zero-order chi connectivity index (χ0) is 12.9. The quantitative estimate of drug-likeness (QED) is 0.702. The minimum absolute atomic E-state index is 0.310. The summed E-state index contributed by atoms with van der Waals surface area (Å²) in [7, 11) is 0. The number of halogens is 1. The molecule has 0 amide bonds. The van der Waals surface area contributed by atoms with Crippen LogP contribution in [0.25, 0.3) is 22.2 Å². The summed E-state index contributed by atoms with van der Waals surface area (Å²) in [5.41, 5.74) is 10.4. The summed E-state index contributed by atoms with van der Waals surface area (Å²) in [5.74, 6) is 0.310. The lowest BCUT2D eigenvalue weighted by Gasteiger charge is -1.99. The number of hydrogen-bond acceptors (Lipinski definition) is 3. The van der Waals surface area contributed by atoms with E-state index in [4.69, 9.17) is 21.9 Å². The van der Waals surface area contributed by atoms with Crippen molar-refractivity contribution in [2.24, 2.45) is 0 Å². The summed E-state index contributed by atoms with van der Waals surface area (Å²) in [5, 5.41) is 5.79. The standard InChI is InChI=1S/C13H12ClN3O/c1-6-9(14)4-3-8-12(7(2)16-13(6)8)10-5-11(15)18-17-10/h3-5,16H,15H2,1-2H3. The third-order valence-corrected chi connectivity index (χ3v) is 3.55. The van der Waals surface area contributed by atoms with E-state index in [-0.39, 0.29) is 0 Å². The zero-order valence-corrected chi connectivity index (χ0v) is 10.8. The molecule has 0 aliphatic carbocycles. The van der Waals surface area contributed by atoms with Crippen molar-refractivity contribution < 1.29 is 4.52 Å². The normalized spacial score (nSPS) is 11.3. The average Bonchev–Trinajstić information content (AvgIpc) is 2.87. The molecule has 0 fully saturated rings. The Kier molecular flexibility index (Phi) is 2.35. The molecule has 18 heavy (non-hydrogen) atoms. The van der Waals surface area contributed by atoms with Gasteiger partial charge in [0, 0.05) is 27.7 Å². The van der Waals surface area contributed by atoms with Gasteiger partial charge in [-0.1, -0.05) is 22.8 Å². The smallest absolute Gasteiger partial charge is 0.222 e. The molecule has 0 radical (unpaired) electrons. The van der Waals surface area contributed by atoms with E-state index in [1.807, 2.05) is 26.0 Å². The molecule has 3 N–H and O–H groups in total. The highest BCUT2D eigenvalue weighted by atomic mass is 35.5. The first-order chi connectivity index (χ1) is 8.58. The first-order valence-electron chi connectivity index (χ1n) is 5.58. The predicted molar refractivity (Wildman–Crippen MR) is 72.7 cm³/mol. The lowest BCUT2D eigenvalue weighted by molar-refractivity contribution is 0.439. The topological polar surface area (TPSA) is 67.8 Å². The molecule has 5 heteroatoms. The summed E-state index contributed by atoms with van der Waals surface area (Å²) < 4.78 is 4.93. The van der Waals surface area contributed by atoms with Crippen LogP contribution in [0.15, 0.2) is 22.7 Å². The van der Waals surface area contributed by atoms with E-state index in [0.29, 0.717) is 5.88 Å². The highest BCUT2D eigenvalue weighted by molar-refractivity contribution is 6.32. The number of anilines is 1. The fourth-order valence-corrected chi connectivity index (χ4v) is 2.40. The summed E-state index contributed by atoms with van der Waals surface area (Å²) in [6.45, 7) is 3.98. The molecule has 3 rings (SSSR count). The van der Waals surface area contributed by atoms with Gasteiger partial charge in [0.25, 0.3) is 0 Å². The average molecular weight is 262 g/mol. The molecule has 0 saturated heterocycles. The molecule has 0 unspecified atom stereocenters. The van der Waals surface area contributed by atoms with E-state index in [1.165, 1.54) is 0 Å². The van der Waals surface area contributed by atoms with Gasteiger partial charge in [-0.2, -0.15) is 0 Å². The van der Waals surface area contributed by atoms with Gasteiger partial charge in [0.15, 0.2) is 0 Å². The van der Waals surface area contributed by atoms with Gasteiger partial charge < -0.3 is 15.2 Å². The molecule has 0 atom stereocenters. The second-order valence-electron chi connectivity index (χ2n) is 4.33. The number of nitrogens with one attached hydrogen (secondary N) is 1. The van der Waals surface area contributed by atoms with Crippen LogP contribution in [0.4, 0.5) is 5.88 Å². The van der Waals surface area contributed by atoms with Crippen molar-refractivity contribution in [1.82, 2.24) is 10.1 Å². The molecule has 4 nitrogen and oxygen atoms in total. The van der Waals surface area contributed by atoms with E-state index >= 15 is 0 Å². The molecule has 2 heterocycles. The molecule has 0 aliphatic rings. The molecule has 92 valence electrons. The molecule has 2 aromatic heterocycles. The summed E-state index contributed by atoms with van der Waals surface area (Å²) >= 11 is 6.13. The Morgan fingerprint density at radius 3 is 2.78 bits per heavy atom. The second kappa shape index (κ2) is 3.78. The summed E-state index contributed by atoms with van der Waals surface area (Å²) in [6, 6.07) is 5.59. The second-order valence-corrected chi connectivity index (χ2v) is 4.74. The maximum atomic E-state index is 6.13. The van der Waals surface area contributed by atoms with Gasteiger partial charge in [-0.25, -0.2) is 0 Å². The molecule has 0 spiro atoms. The Labute approximate surface area is 109 Å². The van der Waals surface area contributed by atoms with Crippen molar-refractivity contribution in [3.05, 3.63) is 34.5 Å². The molecule has 0 saturated carbocycles. The Morgan fingerprint density at radius 2 is 2.11 bits per heavy atom. The number of rotatable bonds is 1. The third-order valence-electron chi connectivity index (χ3n) is 3.14. The lowest BCUT2D eigenvalue weighted by atomic mass is 10.1. The number of nitrogens with two attached hydrogens (primary N) is 1. The van der Waals surface area contributed by atoms with Crippen molar-refractivity contribution in [2.75, 3.05) is 5.73 Å². The van der Waals surface area contributed by atoms with Crippen LogP contribution in [0, 0.1) is 13.8 Å². The van der Waals surface area contributed by atoms with E-state index < -0.39 is 0 Å². The van der Waals surface area contributed by atoms with Gasteiger partial charge in [0.1, 0.15) is 5.69 Å². The summed E-state index contributed by atoms with van der Waals surface area (Å²) in [4.78, 5) is 3.34. The predicted octanol–water partition coefficient (Wildman–Crippen LogP) is 3.68. The number of fused-ring (bicyclic) bond motifs is 1. The fourth-order valence-electron chi connectivity index (χ4n) is 2.24. The van der Waals surface area contributed by atoms with Gasteiger partial charge in [0.05, 0.1) is 5.52 Å². The number of nitrogen functional groups attached to an aromatic ring is 1. The van der Waals surface area contributed by atoms with Gasteiger partial charge in [0.2, 0.25) is 5.88 Å². The largest absolute Gasteiger partial charge is 0.368 e. The van der Waals surface area contributed by atoms with E-state index in [1.54, 1.807) is 6.07 Å². The summed E-state index contributed by atoms with van der Waals surface area (Å²) in [6.07, 6.45) is 0. The van der Waals surface area contributed by atoms with Gasteiger partial charge in [-0.05, 0) is 25.5 Å². The zero-order valence-electron chi connectivity index (χ0n) is 10.0. The molecule has 1 aromatic carbocycles. The monoisotopic (exact) mass is 261 g/mol. The number of H-pyrrole nitrogens is 1. The van der Waals surface area contributed by atoms with Crippen LogP contribution in [-0.4, -0.2) is 10.1 Å². The van der Waals surface area contributed by atoms with Crippen molar-refractivity contribution in [3.8, 4) is 11.3 Å². The van der Waals surface area contributed by atoms with E-state index in [9.17, 15) is 0 Å². The van der Waals surface area contributed by atoms with Crippen LogP contribution in [0.3, 0.4) is 0 Å². The highest BCUT2D eigenvalue weighted by Gasteiger charge is 2.16. The maximum Gasteiger partial charge on any atom is 0.222 e. The van der Waals surface area contributed by atoms with Crippen molar-refractivity contribution >= 4 is 28.4 Å². The number of aromatic nitrogens is 2. The number of aromatic amines is 1. The first-order valence-corrected chi connectivity index (χ1v) is 5.95. The Morgan fingerprint density at radius 1 is 1.33 bits per heavy atom. The van der Waals surface area contributed by atoms with Crippen molar-refractivity contribution in [1.29, 1.82) is 0 Å². The van der Waals surface area contributed by atoms with E-state index in [0.717, 1.165) is 38.4 Å². The van der Waals surface area contributed by atoms with Gasteiger partial charge >= 0.3 is 0 Å². The molecule has 0 bridgehead atoms. The van der Waals surface area contributed by atoms with Crippen molar-refractivity contribution in [2.45, 2.75) is 13.8 Å². The van der Waals surface area contributed by atoms with Crippen LogP contribution in [0.2, 0.25) is 5.02 Å². The van der Waals surface area contributed by atoms with E-state index in [2.05, 4.69) is 10.1 Å². The molecule has 3 aromatic rings. The van der Waals surface area contributed by atoms with Crippen LogP contribution in [0.1, 0.15) is 11.3 Å². The number of nitrogens with zero attached hydrogens (tertiary/aromatic N) is 1.